The summed E-state index contributed by atoms with van der Waals surface area (Å²) in [6.45, 7) is 11.3. The van der Waals surface area contributed by atoms with Crippen LogP contribution < -0.4 is 5.32 Å². The molecule has 1 aromatic heterocycles. The first-order chi connectivity index (χ1) is 8.64. The Hall–Kier alpha value is -1.39. The molecule has 0 aliphatic heterocycles. The molecule has 1 N–H and O–H groups in total. The average Bonchev–Trinajstić information content (AvgIpc) is 2.87. The van der Waals surface area contributed by atoms with Crippen LogP contribution in [-0.4, -0.2) is 9.78 Å². The molecule has 1 saturated carbocycles. The second-order valence-electron chi connectivity index (χ2n) is 6.67. The van der Waals surface area contributed by atoms with Crippen molar-refractivity contribution in [2.24, 2.45) is 5.92 Å². The second kappa shape index (κ2) is 3.38. The number of rotatable bonds is 2. The predicted octanol–water partition coefficient (Wildman–Crippen LogP) is 3.79. The van der Waals surface area contributed by atoms with Crippen molar-refractivity contribution in [1.82, 2.24) is 9.78 Å². The average molecular weight is 267 g/mol. The maximum absolute atomic E-state index is 14.4. The Morgan fingerprint density at radius 1 is 1.47 bits per heavy atom. The van der Waals surface area contributed by atoms with Gasteiger partial charge in [0.2, 0.25) is 0 Å². The molecule has 0 aromatic carbocycles. The molecule has 0 amide bonds. The van der Waals surface area contributed by atoms with E-state index in [2.05, 4.69) is 17.0 Å². The van der Waals surface area contributed by atoms with Gasteiger partial charge in [0.05, 0.1) is 5.54 Å². The van der Waals surface area contributed by atoms with Crippen LogP contribution >= 0.6 is 0 Å². The molecule has 2 atom stereocenters. The van der Waals surface area contributed by atoms with E-state index in [1.54, 1.807) is 6.92 Å². The molecule has 0 radical (unpaired) electrons. The van der Waals surface area contributed by atoms with E-state index < -0.39 is 17.4 Å². The number of allylic oxidation sites excluding steroid dienone is 1. The van der Waals surface area contributed by atoms with E-state index in [0.29, 0.717) is 23.5 Å². The molecule has 5 heteroatoms. The predicted molar refractivity (Wildman–Crippen MR) is 70.4 cm³/mol. The Kier molecular flexibility index (Phi) is 2.25. The van der Waals surface area contributed by atoms with Crippen molar-refractivity contribution < 1.29 is 8.78 Å². The summed E-state index contributed by atoms with van der Waals surface area (Å²) in [6.07, 6.45) is 0.570. The van der Waals surface area contributed by atoms with Crippen molar-refractivity contribution in [2.45, 2.75) is 51.5 Å². The van der Waals surface area contributed by atoms with Crippen molar-refractivity contribution in [3.63, 3.8) is 0 Å². The minimum absolute atomic E-state index is 0.0389. The van der Waals surface area contributed by atoms with E-state index in [-0.39, 0.29) is 11.6 Å². The smallest absolute Gasteiger partial charge is 0.293 e. The molecular formula is C14H19F2N3. The molecule has 2 aliphatic carbocycles. The zero-order chi connectivity index (χ0) is 14.2. The lowest BCUT2D eigenvalue weighted by molar-refractivity contribution is -0.0342. The third-order valence-electron chi connectivity index (χ3n) is 3.83. The van der Waals surface area contributed by atoms with Gasteiger partial charge in [-0.3, -0.25) is 4.68 Å². The fraction of sp³-hybridized carbons (Fsp3) is 0.643. The van der Waals surface area contributed by atoms with Crippen LogP contribution in [0.1, 0.15) is 51.3 Å². The quantitative estimate of drug-likeness (QED) is 0.883. The number of aromatic nitrogens is 2. The largest absolute Gasteiger partial charge is 0.343 e. The molecule has 19 heavy (non-hydrogen) atoms. The van der Waals surface area contributed by atoms with Gasteiger partial charge in [-0.2, -0.15) is 13.9 Å². The lowest BCUT2D eigenvalue weighted by Gasteiger charge is -2.25. The monoisotopic (exact) mass is 267 g/mol. The van der Waals surface area contributed by atoms with Gasteiger partial charge in [-0.1, -0.05) is 6.58 Å². The Morgan fingerprint density at radius 2 is 2.11 bits per heavy atom. The summed E-state index contributed by atoms with van der Waals surface area (Å²) in [7, 11) is 0. The van der Waals surface area contributed by atoms with Gasteiger partial charge in [-0.05, 0) is 40.0 Å². The highest BCUT2D eigenvalue weighted by molar-refractivity contribution is 5.59. The minimum atomic E-state index is -2.75. The summed E-state index contributed by atoms with van der Waals surface area (Å²) in [5, 5.41) is 7.41. The molecule has 0 unspecified atom stereocenters. The molecule has 1 aromatic rings. The summed E-state index contributed by atoms with van der Waals surface area (Å²) < 4.78 is 30.3. The number of hydrogen-bond acceptors (Lipinski definition) is 2. The SMILES string of the molecule is C=C(C)Nc1nn(C(C)(C)C)c2c1[C@H]1C[C@H]1C2(F)F. The van der Waals surface area contributed by atoms with Crippen LogP contribution in [0.5, 0.6) is 0 Å². The zero-order valence-corrected chi connectivity index (χ0v) is 11.7. The lowest BCUT2D eigenvalue weighted by atomic mass is 10.1. The maximum atomic E-state index is 14.4. The zero-order valence-electron chi connectivity index (χ0n) is 11.7. The Bertz CT molecular complexity index is 566. The standard InChI is InChI=1S/C14H19F2N3/c1-7(2)17-12-10-8-6-9(8)14(15,16)11(10)19(18-12)13(3,4)5/h8-9H,1,6H2,2-5H3,(H,17,18)/t8-,9+/m0/s1. The molecule has 1 heterocycles. The molecule has 1 fully saturated rings. The van der Waals surface area contributed by atoms with Crippen molar-refractivity contribution in [1.29, 1.82) is 0 Å². The van der Waals surface area contributed by atoms with E-state index in [1.807, 2.05) is 20.8 Å². The number of anilines is 1. The first-order valence-corrected chi connectivity index (χ1v) is 6.58. The molecule has 0 bridgehead atoms. The highest BCUT2D eigenvalue weighted by atomic mass is 19.3. The van der Waals surface area contributed by atoms with Crippen molar-refractivity contribution in [3.8, 4) is 0 Å². The molecule has 3 rings (SSSR count). The molecule has 3 nitrogen and oxygen atoms in total. The molecule has 0 spiro atoms. The number of hydrogen-bond donors (Lipinski definition) is 1. The summed E-state index contributed by atoms with van der Waals surface area (Å²) in [4.78, 5) is 0. The third-order valence-corrected chi connectivity index (χ3v) is 3.83. The topological polar surface area (TPSA) is 29.9 Å². The van der Waals surface area contributed by atoms with Crippen molar-refractivity contribution in [3.05, 3.63) is 23.5 Å². The highest BCUT2D eigenvalue weighted by Gasteiger charge is 2.67. The van der Waals surface area contributed by atoms with E-state index in [9.17, 15) is 8.78 Å². The van der Waals surface area contributed by atoms with Gasteiger partial charge >= 0.3 is 0 Å². The van der Waals surface area contributed by atoms with Gasteiger partial charge in [-0.25, -0.2) is 0 Å². The summed E-state index contributed by atoms with van der Waals surface area (Å²) in [5.74, 6) is -2.76. The minimum Gasteiger partial charge on any atom is -0.343 e. The van der Waals surface area contributed by atoms with Gasteiger partial charge in [0.25, 0.3) is 5.92 Å². The van der Waals surface area contributed by atoms with Crippen LogP contribution in [0.2, 0.25) is 0 Å². The number of fused-ring (bicyclic) bond motifs is 3. The summed E-state index contributed by atoms with van der Waals surface area (Å²) >= 11 is 0. The number of halogens is 2. The Labute approximate surface area is 111 Å². The van der Waals surface area contributed by atoms with Crippen LogP contribution in [0.15, 0.2) is 12.3 Å². The fourth-order valence-corrected chi connectivity index (χ4v) is 2.97. The molecule has 2 aliphatic rings. The second-order valence-corrected chi connectivity index (χ2v) is 6.67. The summed E-state index contributed by atoms with van der Waals surface area (Å²) in [5.41, 5.74) is 1.06. The molecular weight excluding hydrogens is 248 g/mol. The van der Waals surface area contributed by atoms with Gasteiger partial charge < -0.3 is 5.32 Å². The lowest BCUT2D eigenvalue weighted by Crippen LogP contribution is -2.30. The third kappa shape index (κ3) is 1.63. The van der Waals surface area contributed by atoms with E-state index in [1.165, 1.54) is 4.68 Å². The summed E-state index contributed by atoms with van der Waals surface area (Å²) in [6, 6.07) is 0. The normalized spacial score (nSPS) is 26.8. The van der Waals surface area contributed by atoms with Gasteiger partial charge in [0, 0.05) is 17.2 Å². The van der Waals surface area contributed by atoms with Crippen LogP contribution in [0.4, 0.5) is 14.6 Å². The van der Waals surface area contributed by atoms with E-state index in [0.717, 1.165) is 0 Å². The number of alkyl halides is 2. The highest BCUT2D eigenvalue weighted by Crippen LogP contribution is 2.68. The Morgan fingerprint density at radius 3 is 2.63 bits per heavy atom. The first kappa shape index (κ1) is 12.6. The Balaban J connectivity index is 2.19. The molecule has 0 saturated heterocycles. The van der Waals surface area contributed by atoms with Gasteiger partial charge in [0.15, 0.2) is 5.82 Å². The van der Waals surface area contributed by atoms with Gasteiger partial charge in [-0.15, -0.1) is 0 Å². The van der Waals surface area contributed by atoms with Crippen molar-refractivity contribution in [2.75, 3.05) is 5.32 Å². The van der Waals surface area contributed by atoms with Crippen molar-refractivity contribution >= 4 is 5.82 Å². The first-order valence-electron chi connectivity index (χ1n) is 6.58. The number of nitrogens with one attached hydrogen (secondary N) is 1. The fourth-order valence-electron chi connectivity index (χ4n) is 2.97. The van der Waals surface area contributed by atoms with Crippen LogP contribution in [0, 0.1) is 5.92 Å². The van der Waals surface area contributed by atoms with Crippen LogP contribution in [0.3, 0.4) is 0 Å². The number of nitrogens with zero attached hydrogens (tertiary/aromatic N) is 2. The van der Waals surface area contributed by atoms with E-state index >= 15 is 0 Å². The van der Waals surface area contributed by atoms with E-state index in [4.69, 9.17) is 0 Å². The maximum Gasteiger partial charge on any atom is 0.293 e. The van der Waals surface area contributed by atoms with Gasteiger partial charge in [0.1, 0.15) is 5.69 Å². The molecule has 104 valence electrons. The van der Waals surface area contributed by atoms with Crippen LogP contribution in [-0.2, 0) is 11.5 Å². The van der Waals surface area contributed by atoms with Crippen LogP contribution in [0.25, 0.3) is 0 Å².